The molecule has 0 radical (unpaired) electrons. The lowest BCUT2D eigenvalue weighted by molar-refractivity contribution is -0.00867. The fourth-order valence-corrected chi connectivity index (χ4v) is 3.34. The van der Waals surface area contributed by atoms with Crippen molar-refractivity contribution in [3.05, 3.63) is 23.8 Å². The van der Waals surface area contributed by atoms with Gasteiger partial charge < -0.3 is 20.5 Å². The molecule has 2 aliphatic rings. The number of hydrogen-bond acceptors (Lipinski definition) is 4. The first-order chi connectivity index (χ1) is 9.66. The summed E-state index contributed by atoms with van der Waals surface area (Å²) < 4.78 is 5.86. The Labute approximate surface area is 118 Å². The van der Waals surface area contributed by atoms with Crippen molar-refractivity contribution in [1.82, 2.24) is 0 Å². The lowest BCUT2D eigenvalue weighted by Crippen LogP contribution is -2.52. The first-order valence-electron chi connectivity index (χ1n) is 7.18. The molecule has 20 heavy (non-hydrogen) atoms. The van der Waals surface area contributed by atoms with E-state index in [-0.39, 0.29) is 5.56 Å². The van der Waals surface area contributed by atoms with Gasteiger partial charge in [-0.25, -0.2) is 4.79 Å². The molecule has 3 N–H and O–H groups in total. The number of carbonyl (C=O) groups is 1. The van der Waals surface area contributed by atoms with Crippen LogP contribution >= 0.6 is 0 Å². The highest BCUT2D eigenvalue weighted by Gasteiger charge is 2.34. The fourth-order valence-electron chi connectivity index (χ4n) is 3.34. The normalized spacial score (nSPS) is 26.1. The zero-order valence-electron chi connectivity index (χ0n) is 11.4. The maximum Gasteiger partial charge on any atom is 0.337 e. The van der Waals surface area contributed by atoms with E-state index in [1.54, 1.807) is 12.1 Å². The van der Waals surface area contributed by atoms with Crippen LogP contribution in [0.3, 0.4) is 0 Å². The van der Waals surface area contributed by atoms with Gasteiger partial charge in [-0.3, -0.25) is 0 Å². The summed E-state index contributed by atoms with van der Waals surface area (Å²) in [4.78, 5) is 13.4. The molecule has 3 rings (SSSR count). The summed E-state index contributed by atoms with van der Waals surface area (Å²) in [5.74, 6) is -0.980. The van der Waals surface area contributed by atoms with Crippen LogP contribution < -0.4 is 10.6 Å². The number of rotatable bonds is 2. The maximum absolute atomic E-state index is 11.0. The van der Waals surface area contributed by atoms with Gasteiger partial charge in [0.25, 0.3) is 0 Å². The molecule has 0 aromatic heterocycles. The first kappa shape index (κ1) is 13.2. The van der Waals surface area contributed by atoms with Crippen molar-refractivity contribution < 1.29 is 14.6 Å². The van der Waals surface area contributed by atoms with Crippen molar-refractivity contribution in [1.29, 1.82) is 0 Å². The topological polar surface area (TPSA) is 75.8 Å². The molecule has 1 saturated heterocycles. The molecule has 1 heterocycles. The smallest absolute Gasteiger partial charge is 0.337 e. The van der Waals surface area contributed by atoms with Crippen LogP contribution in [0.4, 0.5) is 11.4 Å². The van der Waals surface area contributed by atoms with E-state index in [1.807, 2.05) is 6.07 Å². The number of fused-ring (bicyclic) bond motifs is 1. The lowest BCUT2D eigenvalue weighted by atomic mass is 9.89. The molecular formula is C15H20N2O3. The molecule has 2 fully saturated rings. The molecule has 1 aromatic carbocycles. The number of aromatic carboxylic acids is 1. The predicted octanol–water partition coefficient (Wildman–Crippen LogP) is 2.11. The Hall–Kier alpha value is -1.75. The number of carboxylic acids is 1. The van der Waals surface area contributed by atoms with Crippen LogP contribution in [0.1, 0.15) is 36.0 Å². The van der Waals surface area contributed by atoms with Crippen molar-refractivity contribution in [2.45, 2.75) is 37.8 Å². The van der Waals surface area contributed by atoms with Crippen LogP contribution in [0.15, 0.2) is 18.2 Å². The number of ether oxygens (including phenoxy) is 1. The molecule has 2 unspecified atom stereocenters. The van der Waals surface area contributed by atoms with Crippen molar-refractivity contribution in [3.8, 4) is 0 Å². The first-order valence-corrected chi connectivity index (χ1v) is 7.18. The van der Waals surface area contributed by atoms with Gasteiger partial charge in [-0.1, -0.05) is 12.8 Å². The summed E-state index contributed by atoms with van der Waals surface area (Å²) in [6.07, 6.45) is 5.01. The minimum atomic E-state index is -0.980. The number of morpholine rings is 1. The van der Waals surface area contributed by atoms with Gasteiger partial charge in [-0.05, 0) is 31.0 Å². The number of nitrogen functional groups attached to an aromatic ring is 1. The lowest BCUT2D eigenvalue weighted by Gasteiger charge is -2.45. The molecule has 108 valence electrons. The molecule has 5 nitrogen and oxygen atoms in total. The SMILES string of the molecule is Nc1cc(N2CCOC3CCCCC32)ccc1C(=O)O. The van der Waals surface area contributed by atoms with Gasteiger partial charge in [0.2, 0.25) is 0 Å². The number of hydrogen-bond donors (Lipinski definition) is 2. The number of benzene rings is 1. The van der Waals surface area contributed by atoms with E-state index >= 15 is 0 Å². The van der Waals surface area contributed by atoms with Gasteiger partial charge in [0.15, 0.2) is 0 Å². The maximum atomic E-state index is 11.0. The summed E-state index contributed by atoms with van der Waals surface area (Å²) in [7, 11) is 0. The minimum Gasteiger partial charge on any atom is -0.478 e. The van der Waals surface area contributed by atoms with E-state index in [1.165, 1.54) is 12.8 Å². The third kappa shape index (κ3) is 2.33. The molecule has 1 aliphatic heterocycles. The van der Waals surface area contributed by atoms with Crippen LogP contribution in [0.5, 0.6) is 0 Å². The molecule has 5 heteroatoms. The Morgan fingerprint density at radius 2 is 2.15 bits per heavy atom. The van der Waals surface area contributed by atoms with E-state index in [2.05, 4.69) is 4.90 Å². The Kier molecular flexibility index (Phi) is 3.53. The van der Waals surface area contributed by atoms with Gasteiger partial charge in [-0.2, -0.15) is 0 Å². The van der Waals surface area contributed by atoms with E-state index in [4.69, 9.17) is 15.6 Å². The highest BCUT2D eigenvalue weighted by molar-refractivity contribution is 5.94. The van der Waals surface area contributed by atoms with Gasteiger partial charge >= 0.3 is 5.97 Å². The van der Waals surface area contributed by atoms with E-state index in [0.717, 1.165) is 31.7 Å². The molecule has 0 bridgehead atoms. The van der Waals surface area contributed by atoms with Crippen LogP contribution in [-0.4, -0.2) is 36.4 Å². The van der Waals surface area contributed by atoms with E-state index in [0.29, 0.717) is 17.8 Å². The van der Waals surface area contributed by atoms with Crippen molar-refractivity contribution in [2.24, 2.45) is 0 Å². The molecule has 1 aromatic rings. The second-order valence-corrected chi connectivity index (χ2v) is 5.53. The number of carboxylic acid groups (broad SMARTS) is 1. The highest BCUT2D eigenvalue weighted by atomic mass is 16.5. The molecular weight excluding hydrogens is 256 g/mol. The molecule has 0 spiro atoms. The number of nitrogens with two attached hydrogens (primary N) is 1. The molecule has 2 atom stereocenters. The summed E-state index contributed by atoms with van der Waals surface area (Å²) in [6.45, 7) is 1.56. The zero-order valence-corrected chi connectivity index (χ0v) is 11.4. The Bertz CT molecular complexity index is 516. The predicted molar refractivity (Wildman–Crippen MR) is 77.2 cm³/mol. The Morgan fingerprint density at radius 3 is 2.90 bits per heavy atom. The van der Waals surface area contributed by atoms with Gasteiger partial charge in [0, 0.05) is 17.9 Å². The largest absolute Gasteiger partial charge is 0.478 e. The molecule has 0 amide bonds. The number of anilines is 2. The van der Waals surface area contributed by atoms with Crippen LogP contribution in [0, 0.1) is 0 Å². The third-order valence-electron chi connectivity index (χ3n) is 4.33. The van der Waals surface area contributed by atoms with Crippen molar-refractivity contribution in [2.75, 3.05) is 23.8 Å². The average molecular weight is 276 g/mol. The minimum absolute atomic E-state index is 0.169. The van der Waals surface area contributed by atoms with Crippen molar-refractivity contribution in [3.63, 3.8) is 0 Å². The summed E-state index contributed by atoms with van der Waals surface area (Å²) in [5, 5.41) is 9.04. The second kappa shape index (κ2) is 5.32. The van der Waals surface area contributed by atoms with Crippen LogP contribution in [-0.2, 0) is 4.74 Å². The van der Waals surface area contributed by atoms with Gasteiger partial charge in [-0.15, -0.1) is 0 Å². The fraction of sp³-hybridized carbons (Fsp3) is 0.533. The molecule has 1 aliphatic carbocycles. The Balaban J connectivity index is 1.87. The second-order valence-electron chi connectivity index (χ2n) is 5.53. The summed E-state index contributed by atoms with van der Waals surface area (Å²) >= 11 is 0. The zero-order chi connectivity index (χ0) is 14.1. The van der Waals surface area contributed by atoms with Gasteiger partial charge in [0.1, 0.15) is 0 Å². The van der Waals surface area contributed by atoms with Crippen LogP contribution in [0.2, 0.25) is 0 Å². The van der Waals surface area contributed by atoms with Gasteiger partial charge in [0.05, 0.1) is 24.3 Å². The van der Waals surface area contributed by atoms with E-state index < -0.39 is 5.97 Å². The molecule has 1 saturated carbocycles. The third-order valence-corrected chi connectivity index (χ3v) is 4.33. The quantitative estimate of drug-likeness (QED) is 0.809. The highest BCUT2D eigenvalue weighted by Crippen LogP contribution is 2.33. The summed E-state index contributed by atoms with van der Waals surface area (Å²) in [6, 6.07) is 5.63. The van der Waals surface area contributed by atoms with Crippen molar-refractivity contribution >= 4 is 17.3 Å². The standard InChI is InChI=1S/C15H20N2O3/c16-12-9-10(5-6-11(12)15(18)19)17-7-8-20-14-4-2-1-3-13(14)17/h5-6,9,13-14H,1-4,7-8,16H2,(H,18,19). The monoisotopic (exact) mass is 276 g/mol. The Morgan fingerprint density at radius 1 is 1.35 bits per heavy atom. The van der Waals surface area contributed by atoms with Crippen LogP contribution in [0.25, 0.3) is 0 Å². The average Bonchev–Trinajstić information content (AvgIpc) is 2.46. The van der Waals surface area contributed by atoms with E-state index in [9.17, 15) is 4.79 Å². The summed E-state index contributed by atoms with van der Waals surface area (Å²) in [5.41, 5.74) is 7.36. The number of nitrogens with zero attached hydrogens (tertiary/aromatic N) is 1.